The van der Waals surface area contributed by atoms with E-state index in [0.717, 1.165) is 0 Å². The van der Waals surface area contributed by atoms with Crippen LogP contribution in [0.2, 0.25) is 4.82 Å². The number of allylic oxidation sites excluding steroid dienone is 1. The van der Waals surface area contributed by atoms with E-state index in [1.165, 1.54) is 17.3 Å². The summed E-state index contributed by atoms with van der Waals surface area (Å²) < 4.78 is 6.45. The molecule has 0 fully saturated rings. The van der Waals surface area contributed by atoms with Crippen LogP contribution < -0.4 is 4.46 Å². The van der Waals surface area contributed by atoms with Gasteiger partial charge in [-0.2, -0.15) is 0 Å². The molecule has 0 saturated carbocycles. The molecule has 0 bridgehead atoms. The summed E-state index contributed by atoms with van der Waals surface area (Å²) in [7, 11) is 1.70. The van der Waals surface area contributed by atoms with Crippen LogP contribution in [-0.4, -0.2) is 22.1 Å². The first kappa shape index (κ1) is 12.3. The maximum atomic E-state index is 4.99. The van der Waals surface area contributed by atoms with Gasteiger partial charge in [0.2, 0.25) is 0 Å². The standard InChI is InChI=1S/C13H18OSe/c1-3-7-12(10-11-14-2)15-13-8-5-4-6-9-13/h4-6,8-12H,3,7H2,1-2H3/b11-10+. The molecule has 0 aliphatic carbocycles. The fourth-order valence-electron chi connectivity index (χ4n) is 1.32. The SMILES string of the molecule is CCCC(/C=C/OC)[Se]c1ccccc1. The molecule has 0 saturated heterocycles. The van der Waals surface area contributed by atoms with Crippen molar-refractivity contribution < 1.29 is 4.74 Å². The van der Waals surface area contributed by atoms with E-state index >= 15 is 0 Å². The monoisotopic (exact) mass is 270 g/mol. The predicted octanol–water partition coefficient (Wildman–Crippen LogP) is 2.76. The Balaban J connectivity index is 2.54. The molecule has 0 spiro atoms. The molecule has 82 valence electrons. The van der Waals surface area contributed by atoms with Gasteiger partial charge in [0.05, 0.1) is 0 Å². The van der Waals surface area contributed by atoms with Crippen LogP contribution in [0.1, 0.15) is 19.8 Å². The summed E-state index contributed by atoms with van der Waals surface area (Å²) in [5, 5.41) is 0. The van der Waals surface area contributed by atoms with E-state index in [1.807, 2.05) is 6.26 Å². The van der Waals surface area contributed by atoms with Gasteiger partial charge in [-0.3, -0.25) is 0 Å². The van der Waals surface area contributed by atoms with Crippen molar-refractivity contribution in [1.29, 1.82) is 0 Å². The van der Waals surface area contributed by atoms with Gasteiger partial charge in [0.15, 0.2) is 0 Å². The Kier molecular flexibility index (Phi) is 6.22. The third-order valence-corrected chi connectivity index (χ3v) is 4.63. The van der Waals surface area contributed by atoms with Crippen molar-refractivity contribution in [2.45, 2.75) is 24.6 Å². The first-order valence-electron chi connectivity index (χ1n) is 5.28. The summed E-state index contributed by atoms with van der Waals surface area (Å²) in [4.78, 5) is 0.657. The second-order valence-electron chi connectivity index (χ2n) is 3.32. The first-order valence-corrected chi connectivity index (χ1v) is 7.12. The van der Waals surface area contributed by atoms with Crippen LogP contribution in [0.4, 0.5) is 0 Å². The molecule has 1 rings (SSSR count). The molecule has 2 heteroatoms. The van der Waals surface area contributed by atoms with Crippen molar-refractivity contribution in [2.24, 2.45) is 0 Å². The average Bonchev–Trinajstić information content (AvgIpc) is 2.28. The van der Waals surface area contributed by atoms with Crippen molar-refractivity contribution in [3.8, 4) is 0 Å². The van der Waals surface area contributed by atoms with E-state index in [-0.39, 0.29) is 0 Å². The fraction of sp³-hybridized carbons (Fsp3) is 0.385. The molecule has 1 aromatic carbocycles. The van der Waals surface area contributed by atoms with E-state index in [9.17, 15) is 0 Å². The molecule has 0 radical (unpaired) electrons. The van der Waals surface area contributed by atoms with Gasteiger partial charge in [0.1, 0.15) is 0 Å². The average molecular weight is 269 g/mol. The van der Waals surface area contributed by atoms with Gasteiger partial charge in [-0.25, -0.2) is 0 Å². The zero-order valence-corrected chi connectivity index (χ0v) is 11.1. The van der Waals surface area contributed by atoms with E-state index in [2.05, 4.69) is 43.3 Å². The third kappa shape index (κ3) is 5.06. The zero-order valence-electron chi connectivity index (χ0n) is 9.35. The van der Waals surface area contributed by atoms with Crippen molar-refractivity contribution >= 4 is 19.4 Å². The number of hydrogen-bond acceptors (Lipinski definition) is 1. The van der Waals surface area contributed by atoms with Gasteiger partial charge < -0.3 is 0 Å². The summed E-state index contributed by atoms with van der Waals surface area (Å²) in [6.07, 6.45) is 6.48. The molecule has 0 aromatic heterocycles. The van der Waals surface area contributed by atoms with Crippen LogP contribution >= 0.6 is 0 Å². The quantitative estimate of drug-likeness (QED) is 0.570. The molecule has 0 aliphatic rings. The Labute approximate surface area is 98.7 Å². The Bertz CT molecular complexity index is 282. The molecule has 1 unspecified atom stereocenters. The number of hydrogen-bond donors (Lipinski definition) is 0. The topological polar surface area (TPSA) is 9.23 Å². The van der Waals surface area contributed by atoms with Gasteiger partial charge in [-0.15, -0.1) is 0 Å². The van der Waals surface area contributed by atoms with E-state index in [0.29, 0.717) is 19.8 Å². The Morgan fingerprint density at radius 1 is 1.33 bits per heavy atom. The van der Waals surface area contributed by atoms with Crippen LogP contribution in [0.15, 0.2) is 42.7 Å². The summed E-state index contributed by atoms with van der Waals surface area (Å²) in [5.74, 6) is 0. The van der Waals surface area contributed by atoms with Crippen molar-refractivity contribution in [3.05, 3.63) is 42.7 Å². The van der Waals surface area contributed by atoms with Crippen LogP contribution in [0.25, 0.3) is 0 Å². The first-order chi connectivity index (χ1) is 7.36. The second-order valence-corrected chi connectivity index (χ2v) is 6.08. The Morgan fingerprint density at radius 2 is 2.07 bits per heavy atom. The number of methoxy groups -OCH3 is 1. The molecule has 1 nitrogen and oxygen atoms in total. The van der Waals surface area contributed by atoms with E-state index < -0.39 is 0 Å². The minimum absolute atomic E-state index is 0.520. The van der Waals surface area contributed by atoms with Crippen molar-refractivity contribution in [2.75, 3.05) is 7.11 Å². The zero-order chi connectivity index (χ0) is 10.9. The molecule has 0 aliphatic heterocycles. The normalized spacial score (nSPS) is 12.9. The summed E-state index contributed by atoms with van der Waals surface area (Å²) in [6, 6.07) is 10.7. The summed E-state index contributed by atoms with van der Waals surface area (Å²) in [5.41, 5.74) is 0. The van der Waals surface area contributed by atoms with Gasteiger partial charge >= 0.3 is 98.5 Å². The van der Waals surface area contributed by atoms with Crippen LogP contribution in [0, 0.1) is 0 Å². The summed E-state index contributed by atoms with van der Waals surface area (Å²) in [6.45, 7) is 2.23. The fourth-order valence-corrected chi connectivity index (χ4v) is 3.75. The van der Waals surface area contributed by atoms with Crippen LogP contribution in [0.5, 0.6) is 0 Å². The molecule has 0 amide bonds. The van der Waals surface area contributed by atoms with Gasteiger partial charge in [0.25, 0.3) is 0 Å². The number of benzene rings is 1. The molecule has 0 N–H and O–H groups in total. The minimum atomic E-state index is 0.520. The van der Waals surface area contributed by atoms with E-state index in [1.54, 1.807) is 7.11 Å². The Hall–Kier alpha value is -0.721. The number of rotatable bonds is 6. The van der Waals surface area contributed by atoms with Gasteiger partial charge in [-0.1, -0.05) is 0 Å². The predicted molar refractivity (Wildman–Crippen MR) is 66.6 cm³/mol. The molecule has 0 heterocycles. The van der Waals surface area contributed by atoms with Crippen LogP contribution in [0.3, 0.4) is 0 Å². The molecular weight excluding hydrogens is 251 g/mol. The second kappa shape index (κ2) is 7.56. The van der Waals surface area contributed by atoms with Gasteiger partial charge in [-0.05, 0) is 0 Å². The van der Waals surface area contributed by atoms with Crippen LogP contribution in [-0.2, 0) is 4.74 Å². The van der Waals surface area contributed by atoms with Gasteiger partial charge in [0, 0.05) is 0 Å². The van der Waals surface area contributed by atoms with E-state index in [4.69, 9.17) is 4.74 Å². The number of ether oxygens (including phenoxy) is 1. The van der Waals surface area contributed by atoms with Crippen molar-refractivity contribution in [3.63, 3.8) is 0 Å². The Morgan fingerprint density at radius 3 is 2.67 bits per heavy atom. The molecule has 15 heavy (non-hydrogen) atoms. The molecule has 1 atom stereocenters. The summed E-state index contributed by atoms with van der Waals surface area (Å²) >= 11 is 0.520. The maximum absolute atomic E-state index is 4.99. The van der Waals surface area contributed by atoms with Crippen molar-refractivity contribution in [1.82, 2.24) is 0 Å². The third-order valence-electron chi connectivity index (χ3n) is 2.03. The molecule has 1 aromatic rings. The molecular formula is C13H18OSe.